The first-order chi connectivity index (χ1) is 13.9. The van der Waals surface area contributed by atoms with E-state index in [1.165, 1.54) is 116 Å². The summed E-state index contributed by atoms with van der Waals surface area (Å²) in [6.07, 6.45) is 30.1. The number of fused-ring (bicyclic) bond motifs is 4. The molecule has 0 amide bonds. The van der Waals surface area contributed by atoms with Crippen molar-refractivity contribution in [3.05, 3.63) is 47.6 Å². The van der Waals surface area contributed by atoms with Gasteiger partial charge >= 0.3 is 0 Å². The van der Waals surface area contributed by atoms with E-state index >= 15 is 0 Å². The lowest BCUT2D eigenvalue weighted by Gasteiger charge is -2.27. The molecule has 0 radical (unpaired) electrons. The zero-order valence-corrected chi connectivity index (χ0v) is 18.1. The van der Waals surface area contributed by atoms with Gasteiger partial charge in [-0.2, -0.15) is 0 Å². The molecule has 0 saturated carbocycles. The summed E-state index contributed by atoms with van der Waals surface area (Å²) in [6.45, 7) is 7.53. The topological polar surface area (TPSA) is 6.48 Å². The minimum absolute atomic E-state index is 1.22. The Morgan fingerprint density at radius 3 is 1.43 bits per heavy atom. The Morgan fingerprint density at radius 2 is 0.929 bits per heavy atom. The van der Waals surface area contributed by atoms with Gasteiger partial charge in [0.15, 0.2) is 0 Å². The maximum absolute atomic E-state index is 2.68. The number of allylic oxidation sites excluding steroid dienone is 4. The molecule has 0 saturated heterocycles. The third kappa shape index (κ3) is 8.49. The van der Waals surface area contributed by atoms with E-state index in [0.29, 0.717) is 0 Å². The van der Waals surface area contributed by atoms with Gasteiger partial charge in [-0.3, -0.25) is 9.80 Å². The van der Waals surface area contributed by atoms with Crippen LogP contribution in [-0.2, 0) is 0 Å². The van der Waals surface area contributed by atoms with Crippen molar-refractivity contribution in [1.82, 2.24) is 9.80 Å². The van der Waals surface area contributed by atoms with Gasteiger partial charge in [0.1, 0.15) is 0 Å². The predicted molar refractivity (Wildman–Crippen MR) is 123 cm³/mol. The summed E-state index contributed by atoms with van der Waals surface area (Å²) < 4.78 is 0. The Morgan fingerprint density at radius 1 is 0.464 bits per heavy atom. The molecule has 0 N–H and O–H groups in total. The van der Waals surface area contributed by atoms with Crippen LogP contribution in [0.4, 0.5) is 0 Å². The number of rotatable bonds is 0. The number of hydrogen-bond acceptors (Lipinski definition) is 2. The Balaban J connectivity index is 1.46. The molecule has 0 spiro atoms. The molecule has 0 aliphatic carbocycles. The second-order valence-electron chi connectivity index (χ2n) is 8.87. The molecule has 156 valence electrons. The van der Waals surface area contributed by atoms with E-state index in [4.69, 9.17) is 0 Å². The predicted octanol–water partition coefficient (Wildman–Crippen LogP) is 6.28. The fourth-order valence-electron chi connectivity index (χ4n) is 4.71. The van der Waals surface area contributed by atoms with Gasteiger partial charge in [0.2, 0.25) is 0 Å². The summed E-state index contributed by atoms with van der Waals surface area (Å²) in [6, 6.07) is 0. The Labute approximate surface area is 174 Å². The van der Waals surface area contributed by atoms with E-state index in [9.17, 15) is 0 Å². The zero-order valence-electron chi connectivity index (χ0n) is 18.1. The normalized spacial score (nSPS) is 31.4. The minimum atomic E-state index is 1.22. The molecule has 2 heteroatoms. The van der Waals surface area contributed by atoms with Crippen molar-refractivity contribution in [3.63, 3.8) is 0 Å². The largest absolute Gasteiger partial charge is 0.299 e. The SMILES string of the molecule is C1=C2CC/C=C/CCCCN3CCC=C(CC/C=C/CCCCN(CC1)C2)C3. The van der Waals surface area contributed by atoms with Crippen molar-refractivity contribution >= 4 is 0 Å². The highest BCUT2D eigenvalue weighted by Crippen LogP contribution is 2.18. The summed E-state index contributed by atoms with van der Waals surface area (Å²) in [5, 5.41) is 0. The first kappa shape index (κ1) is 21.6. The second kappa shape index (κ2) is 13.2. The van der Waals surface area contributed by atoms with E-state index < -0.39 is 0 Å². The van der Waals surface area contributed by atoms with Crippen LogP contribution in [0.15, 0.2) is 47.6 Å². The quantitative estimate of drug-likeness (QED) is 0.455. The third-order valence-corrected chi connectivity index (χ3v) is 6.40. The van der Waals surface area contributed by atoms with Crippen LogP contribution in [0, 0.1) is 0 Å². The number of hydrogen-bond donors (Lipinski definition) is 0. The van der Waals surface area contributed by atoms with Gasteiger partial charge in [0, 0.05) is 26.2 Å². The first-order valence-electron chi connectivity index (χ1n) is 12.0. The van der Waals surface area contributed by atoms with Crippen LogP contribution in [0.2, 0.25) is 0 Å². The first-order valence-corrected chi connectivity index (χ1v) is 12.0. The molecule has 3 heterocycles. The molecule has 0 fully saturated rings. The second-order valence-corrected chi connectivity index (χ2v) is 8.87. The van der Waals surface area contributed by atoms with E-state index in [1.807, 2.05) is 0 Å². The molecule has 0 aromatic carbocycles. The smallest absolute Gasteiger partial charge is 0.0193 e. The molecule has 28 heavy (non-hydrogen) atoms. The Kier molecular flexibility index (Phi) is 10.2. The summed E-state index contributed by atoms with van der Waals surface area (Å²) in [5.74, 6) is 0. The molecule has 3 aliphatic rings. The average molecular weight is 383 g/mol. The van der Waals surface area contributed by atoms with E-state index in [-0.39, 0.29) is 0 Å². The fourth-order valence-corrected chi connectivity index (χ4v) is 4.71. The van der Waals surface area contributed by atoms with Crippen LogP contribution in [-0.4, -0.2) is 49.1 Å². The van der Waals surface area contributed by atoms with Gasteiger partial charge in [0.05, 0.1) is 0 Å². The maximum atomic E-state index is 2.68. The highest BCUT2D eigenvalue weighted by molar-refractivity contribution is 5.10. The van der Waals surface area contributed by atoms with Crippen molar-refractivity contribution in [2.24, 2.45) is 0 Å². The van der Waals surface area contributed by atoms with Crippen LogP contribution < -0.4 is 0 Å². The van der Waals surface area contributed by atoms with Crippen molar-refractivity contribution in [2.45, 2.75) is 77.0 Å². The summed E-state index contributed by atoms with van der Waals surface area (Å²) in [4.78, 5) is 5.35. The van der Waals surface area contributed by atoms with Crippen molar-refractivity contribution in [3.8, 4) is 0 Å². The lowest BCUT2D eigenvalue weighted by molar-refractivity contribution is 0.281. The van der Waals surface area contributed by atoms with Gasteiger partial charge in [-0.15, -0.1) is 0 Å². The molecule has 2 unspecified atom stereocenters. The van der Waals surface area contributed by atoms with Gasteiger partial charge in [-0.05, 0) is 90.1 Å². The fraction of sp³-hybridized carbons (Fsp3) is 0.692. The molecule has 3 rings (SSSR count). The molecule has 4 bridgehead atoms. The van der Waals surface area contributed by atoms with Crippen molar-refractivity contribution in [1.29, 1.82) is 0 Å². The lowest BCUT2D eigenvalue weighted by atomic mass is 10.0. The summed E-state index contributed by atoms with van der Waals surface area (Å²) in [5.41, 5.74) is 3.35. The van der Waals surface area contributed by atoms with Crippen molar-refractivity contribution in [2.75, 3.05) is 39.3 Å². The Bertz CT molecular complexity index is 505. The van der Waals surface area contributed by atoms with E-state index in [2.05, 4.69) is 46.3 Å². The average Bonchev–Trinajstić information content (AvgIpc) is 2.72. The van der Waals surface area contributed by atoms with E-state index in [0.717, 1.165) is 0 Å². The van der Waals surface area contributed by atoms with Crippen LogP contribution in [0.25, 0.3) is 0 Å². The van der Waals surface area contributed by atoms with Crippen LogP contribution in [0.3, 0.4) is 0 Å². The highest BCUT2D eigenvalue weighted by Gasteiger charge is 2.12. The van der Waals surface area contributed by atoms with Gasteiger partial charge in [-0.1, -0.05) is 47.6 Å². The summed E-state index contributed by atoms with van der Waals surface area (Å²) in [7, 11) is 0. The number of nitrogens with zero attached hydrogens (tertiary/aromatic N) is 2. The van der Waals surface area contributed by atoms with Crippen LogP contribution in [0.1, 0.15) is 77.0 Å². The van der Waals surface area contributed by atoms with Crippen LogP contribution in [0.5, 0.6) is 0 Å². The molecule has 0 aromatic heterocycles. The standard InChI is InChI=1S/C26H42N2/c1-3-7-11-19-27-21-14-18-26(24-27)16-10-6-2-4-8-12-20-28-22-13-17-25(23-28)15-9-5-1/h1-2,5-6,17-18H,3-4,7-16,19-24H2/b5-1+,6-2+. The Hall–Kier alpha value is -1.12. The van der Waals surface area contributed by atoms with E-state index in [1.54, 1.807) is 11.1 Å². The zero-order chi connectivity index (χ0) is 19.3. The highest BCUT2D eigenvalue weighted by atomic mass is 15.1. The van der Waals surface area contributed by atoms with Crippen molar-refractivity contribution < 1.29 is 0 Å². The molecule has 3 aliphatic heterocycles. The van der Waals surface area contributed by atoms with Gasteiger partial charge < -0.3 is 0 Å². The molecule has 2 atom stereocenters. The van der Waals surface area contributed by atoms with Gasteiger partial charge in [0.25, 0.3) is 0 Å². The molecule has 2 nitrogen and oxygen atoms in total. The summed E-state index contributed by atoms with van der Waals surface area (Å²) >= 11 is 0. The minimum Gasteiger partial charge on any atom is -0.299 e. The van der Waals surface area contributed by atoms with Gasteiger partial charge in [-0.25, -0.2) is 0 Å². The molecule has 0 aromatic rings. The maximum Gasteiger partial charge on any atom is 0.0193 e. The molecular weight excluding hydrogens is 340 g/mol. The third-order valence-electron chi connectivity index (χ3n) is 6.40. The monoisotopic (exact) mass is 382 g/mol. The van der Waals surface area contributed by atoms with Crippen LogP contribution >= 0.6 is 0 Å². The lowest BCUT2D eigenvalue weighted by Crippen LogP contribution is -2.31. The molecular formula is C26H42N2.